The Bertz CT molecular complexity index is 710. The van der Waals surface area contributed by atoms with Gasteiger partial charge in [0.05, 0.1) is 11.5 Å². The number of aliphatic hydroxyl groups is 1. The van der Waals surface area contributed by atoms with Crippen LogP contribution in [0.5, 0.6) is 0 Å². The van der Waals surface area contributed by atoms with Crippen molar-refractivity contribution in [1.82, 2.24) is 4.98 Å². The minimum absolute atomic E-state index is 0.0259. The zero-order valence-electron chi connectivity index (χ0n) is 11.2. The number of nitrogens with zero attached hydrogens (tertiary/aromatic N) is 1. The third kappa shape index (κ3) is 3.59. The molecule has 1 aromatic heterocycles. The lowest BCUT2D eigenvalue weighted by Crippen LogP contribution is -1.96. The van der Waals surface area contributed by atoms with Crippen molar-refractivity contribution in [3.8, 4) is 0 Å². The fourth-order valence-electron chi connectivity index (χ4n) is 1.68. The van der Waals surface area contributed by atoms with Gasteiger partial charge in [-0.25, -0.2) is 13.4 Å². The average Bonchev–Trinajstić information content (AvgIpc) is 2.40. The van der Waals surface area contributed by atoms with Gasteiger partial charge < -0.3 is 5.11 Å². The maximum Gasteiger partial charge on any atom is 0.175 e. The molecule has 20 heavy (non-hydrogen) atoms. The zero-order chi connectivity index (χ0) is 14.8. The normalized spacial score (nSPS) is 11.6. The molecule has 0 saturated carbocycles. The molecule has 0 aliphatic rings. The monoisotopic (exact) mass is 309 g/mol. The predicted molar refractivity (Wildman–Crippen MR) is 78.6 cm³/mol. The van der Waals surface area contributed by atoms with Crippen LogP contribution in [0.4, 0.5) is 0 Å². The van der Waals surface area contributed by atoms with Gasteiger partial charge >= 0.3 is 0 Å². The Balaban J connectivity index is 2.22. The molecule has 2 aromatic rings. The summed E-state index contributed by atoms with van der Waals surface area (Å²) in [5.74, 6) is 0. The van der Waals surface area contributed by atoms with Crippen LogP contribution in [0.25, 0.3) is 0 Å². The van der Waals surface area contributed by atoms with Crippen LogP contribution >= 0.6 is 11.8 Å². The second-order valence-electron chi connectivity index (χ2n) is 4.47. The standard InChI is InChI=1S/C14H15NO3S2/c1-10-7-11(9-16)8-15-14(10)19-12-3-5-13(6-4-12)20(2,17)18/h3-8,16H,9H2,1-2H3. The van der Waals surface area contributed by atoms with E-state index in [2.05, 4.69) is 4.98 Å². The molecule has 0 atom stereocenters. The van der Waals surface area contributed by atoms with Crippen molar-refractivity contribution in [3.63, 3.8) is 0 Å². The van der Waals surface area contributed by atoms with E-state index in [1.807, 2.05) is 13.0 Å². The van der Waals surface area contributed by atoms with E-state index >= 15 is 0 Å². The van der Waals surface area contributed by atoms with E-state index in [0.29, 0.717) is 4.90 Å². The Morgan fingerprint density at radius 3 is 2.40 bits per heavy atom. The molecule has 0 radical (unpaired) electrons. The summed E-state index contributed by atoms with van der Waals surface area (Å²) in [6.07, 6.45) is 2.83. The zero-order valence-corrected chi connectivity index (χ0v) is 12.8. The highest BCUT2D eigenvalue weighted by atomic mass is 32.2. The molecule has 1 aromatic carbocycles. The molecule has 1 N–H and O–H groups in total. The maximum atomic E-state index is 11.4. The minimum Gasteiger partial charge on any atom is -0.392 e. The van der Waals surface area contributed by atoms with Crippen molar-refractivity contribution < 1.29 is 13.5 Å². The Morgan fingerprint density at radius 2 is 1.90 bits per heavy atom. The van der Waals surface area contributed by atoms with Crippen molar-refractivity contribution in [3.05, 3.63) is 47.7 Å². The lowest BCUT2D eigenvalue weighted by molar-refractivity contribution is 0.281. The number of rotatable bonds is 4. The number of aromatic nitrogens is 1. The van der Waals surface area contributed by atoms with Crippen molar-refractivity contribution in [1.29, 1.82) is 0 Å². The van der Waals surface area contributed by atoms with Crippen LogP contribution in [0.3, 0.4) is 0 Å². The van der Waals surface area contributed by atoms with E-state index in [1.54, 1.807) is 30.5 Å². The second kappa shape index (κ2) is 5.95. The molecule has 0 amide bonds. The molecule has 0 aliphatic carbocycles. The number of hydrogen-bond donors (Lipinski definition) is 1. The lowest BCUT2D eigenvalue weighted by atomic mass is 10.2. The number of benzene rings is 1. The van der Waals surface area contributed by atoms with Crippen molar-refractivity contribution >= 4 is 21.6 Å². The van der Waals surface area contributed by atoms with E-state index in [4.69, 9.17) is 5.11 Å². The first-order valence-corrected chi connectivity index (χ1v) is 8.65. The van der Waals surface area contributed by atoms with Crippen molar-refractivity contribution in [2.75, 3.05) is 6.26 Å². The minimum atomic E-state index is -3.16. The maximum absolute atomic E-state index is 11.4. The molecule has 0 aliphatic heterocycles. The molecular formula is C14H15NO3S2. The summed E-state index contributed by atoms with van der Waals surface area (Å²) in [4.78, 5) is 5.53. The Hall–Kier alpha value is -1.37. The smallest absolute Gasteiger partial charge is 0.175 e. The quantitative estimate of drug-likeness (QED) is 0.939. The predicted octanol–water partition coefficient (Wildman–Crippen LogP) is 2.44. The summed E-state index contributed by atoms with van der Waals surface area (Å²) in [7, 11) is -3.16. The molecule has 0 bridgehead atoms. The van der Waals surface area contributed by atoms with Crippen LogP contribution in [-0.4, -0.2) is 24.8 Å². The van der Waals surface area contributed by atoms with Gasteiger partial charge in [0.2, 0.25) is 0 Å². The van der Waals surface area contributed by atoms with Gasteiger partial charge in [0.15, 0.2) is 9.84 Å². The summed E-state index contributed by atoms with van der Waals surface area (Å²) in [5, 5.41) is 9.89. The molecule has 6 heteroatoms. The summed E-state index contributed by atoms with van der Waals surface area (Å²) in [5.41, 5.74) is 1.76. The third-order valence-electron chi connectivity index (χ3n) is 2.74. The van der Waals surface area contributed by atoms with Crippen LogP contribution in [-0.2, 0) is 16.4 Å². The summed E-state index contributed by atoms with van der Waals surface area (Å²) < 4.78 is 22.8. The van der Waals surface area contributed by atoms with Gasteiger partial charge in [-0.3, -0.25) is 0 Å². The molecule has 1 heterocycles. The number of sulfone groups is 1. The van der Waals surface area contributed by atoms with Gasteiger partial charge in [-0.15, -0.1) is 0 Å². The fourth-order valence-corrected chi connectivity index (χ4v) is 3.13. The van der Waals surface area contributed by atoms with Crippen LogP contribution < -0.4 is 0 Å². The van der Waals surface area contributed by atoms with Gasteiger partial charge in [0.25, 0.3) is 0 Å². The number of aliphatic hydroxyl groups excluding tert-OH is 1. The highest BCUT2D eigenvalue weighted by Crippen LogP contribution is 2.29. The number of hydrogen-bond acceptors (Lipinski definition) is 5. The van der Waals surface area contributed by atoms with Crippen LogP contribution in [0, 0.1) is 6.92 Å². The molecular weight excluding hydrogens is 294 g/mol. The van der Waals surface area contributed by atoms with Gasteiger partial charge in [-0.1, -0.05) is 11.8 Å². The fraction of sp³-hybridized carbons (Fsp3) is 0.214. The van der Waals surface area contributed by atoms with E-state index < -0.39 is 9.84 Å². The van der Waals surface area contributed by atoms with E-state index in [-0.39, 0.29) is 6.61 Å². The van der Waals surface area contributed by atoms with Crippen molar-refractivity contribution in [2.45, 2.75) is 28.3 Å². The van der Waals surface area contributed by atoms with E-state index in [1.165, 1.54) is 18.0 Å². The molecule has 2 rings (SSSR count). The van der Waals surface area contributed by atoms with Gasteiger partial charge in [-0.05, 0) is 48.4 Å². The lowest BCUT2D eigenvalue weighted by Gasteiger charge is -2.06. The first-order valence-electron chi connectivity index (χ1n) is 5.94. The summed E-state index contributed by atoms with van der Waals surface area (Å²) in [6.45, 7) is 1.90. The molecule has 0 unspecified atom stereocenters. The van der Waals surface area contributed by atoms with Crippen LogP contribution in [0.15, 0.2) is 51.3 Å². The largest absolute Gasteiger partial charge is 0.392 e. The van der Waals surface area contributed by atoms with E-state index in [9.17, 15) is 8.42 Å². The first kappa shape index (κ1) is 15.0. The van der Waals surface area contributed by atoms with Crippen molar-refractivity contribution in [2.24, 2.45) is 0 Å². The highest BCUT2D eigenvalue weighted by Gasteiger charge is 2.08. The highest BCUT2D eigenvalue weighted by molar-refractivity contribution is 7.99. The molecule has 106 valence electrons. The summed E-state index contributed by atoms with van der Waals surface area (Å²) >= 11 is 1.47. The number of aryl methyl sites for hydroxylation is 1. The van der Waals surface area contributed by atoms with Gasteiger partial charge in [-0.2, -0.15) is 0 Å². The Kier molecular flexibility index (Phi) is 4.47. The Morgan fingerprint density at radius 1 is 1.25 bits per heavy atom. The third-order valence-corrected chi connectivity index (χ3v) is 4.99. The molecule has 0 saturated heterocycles. The number of pyridine rings is 1. The Labute approximate surface area is 122 Å². The SMILES string of the molecule is Cc1cc(CO)cnc1Sc1ccc(S(C)(=O)=O)cc1. The molecule has 0 spiro atoms. The molecule has 4 nitrogen and oxygen atoms in total. The van der Waals surface area contributed by atoms with Gasteiger partial charge in [0.1, 0.15) is 5.03 Å². The van der Waals surface area contributed by atoms with E-state index in [0.717, 1.165) is 21.0 Å². The van der Waals surface area contributed by atoms with Crippen LogP contribution in [0.1, 0.15) is 11.1 Å². The van der Waals surface area contributed by atoms with Gasteiger partial charge in [0, 0.05) is 17.3 Å². The second-order valence-corrected chi connectivity index (χ2v) is 7.55. The topological polar surface area (TPSA) is 67.3 Å². The first-order chi connectivity index (χ1) is 9.40. The van der Waals surface area contributed by atoms with Crippen LogP contribution in [0.2, 0.25) is 0 Å². The average molecular weight is 309 g/mol. The summed E-state index contributed by atoms with van der Waals surface area (Å²) in [6, 6.07) is 8.61. The molecule has 0 fully saturated rings.